The summed E-state index contributed by atoms with van der Waals surface area (Å²) in [6, 6.07) is 0. The van der Waals surface area contributed by atoms with E-state index in [1.54, 1.807) is 0 Å². The quantitative estimate of drug-likeness (QED) is 0.503. The van der Waals surface area contributed by atoms with Crippen LogP contribution in [0.2, 0.25) is 0 Å². The molecule has 54 valence electrons. The zero-order chi connectivity index (χ0) is 6.85. The fraction of sp³-hybridized carbons (Fsp3) is 1.00. The maximum atomic E-state index is 9.15. The van der Waals surface area contributed by atoms with Gasteiger partial charge in [-0.3, -0.25) is 0 Å². The number of hydrogen-bond acceptors (Lipinski definition) is 3. The van der Waals surface area contributed by atoms with E-state index in [0.29, 0.717) is 6.54 Å². The Morgan fingerprint density at radius 3 is 2.67 bits per heavy atom. The van der Waals surface area contributed by atoms with Crippen LogP contribution in [0.4, 0.5) is 0 Å². The zero-order valence-corrected chi connectivity index (χ0v) is 5.58. The molecule has 3 atom stereocenters. The first-order valence-electron chi connectivity index (χ1n) is 3.27. The molecule has 1 heterocycles. The largest absolute Gasteiger partial charge is 0.390 e. The molecule has 0 bridgehead atoms. The van der Waals surface area contributed by atoms with Crippen LogP contribution in [-0.2, 0) is 4.74 Å². The summed E-state index contributed by atoms with van der Waals surface area (Å²) in [7, 11) is 0. The van der Waals surface area contributed by atoms with Crippen molar-refractivity contribution in [2.24, 2.45) is 5.73 Å². The zero-order valence-electron chi connectivity index (χ0n) is 5.58. The minimum Gasteiger partial charge on any atom is -0.390 e. The monoisotopic (exact) mass is 131 g/mol. The molecular formula is C6H13NO2. The van der Waals surface area contributed by atoms with Crippen molar-refractivity contribution in [1.82, 2.24) is 0 Å². The van der Waals surface area contributed by atoms with E-state index in [-0.39, 0.29) is 18.3 Å². The summed E-state index contributed by atoms with van der Waals surface area (Å²) in [5.74, 6) is 0. The van der Waals surface area contributed by atoms with E-state index in [1.165, 1.54) is 0 Å². The molecule has 0 spiro atoms. The van der Waals surface area contributed by atoms with Crippen molar-refractivity contribution in [2.45, 2.75) is 31.7 Å². The summed E-state index contributed by atoms with van der Waals surface area (Å²) >= 11 is 0. The Morgan fingerprint density at radius 2 is 2.44 bits per heavy atom. The normalized spacial score (nSPS) is 43.7. The van der Waals surface area contributed by atoms with E-state index >= 15 is 0 Å². The lowest BCUT2D eigenvalue weighted by atomic mass is 10.1. The molecule has 3 N–H and O–H groups in total. The van der Waals surface area contributed by atoms with Gasteiger partial charge in [0.05, 0.1) is 18.3 Å². The Balaban J connectivity index is 2.38. The van der Waals surface area contributed by atoms with Crippen molar-refractivity contribution in [3.63, 3.8) is 0 Å². The Labute approximate surface area is 54.8 Å². The van der Waals surface area contributed by atoms with Gasteiger partial charge in [-0.25, -0.2) is 0 Å². The average molecular weight is 131 g/mol. The molecule has 0 aromatic rings. The van der Waals surface area contributed by atoms with E-state index in [1.807, 2.05) is 6.92 Å². The third kappa shape index (κ3) is 1.41. The smallest absolute Gasteiger partial charge is 0.0960 e. The first-order chi connectivity index (χ1) is 4.24. The molecule has 0 amide bonds. The van der Waals surface area contributed by atoms with Gasteiger partial charge in [0.2, 0.25) is 0 Å². The van der Waals surface area contributed by atoms with E-state index in [4.69, 9.17) is 15.6 Å². The Kier molecular flexibility index (Phi) is 2.05. The standard InChI is InChI=1S/C6H13NO2/c1-4-2-5(8)6(3-7)9-4/h4-6,8H,2-3,7H2,1H3/t4?,5-,6+/m0/s1. The molecule has 1 unspecified atom stereocenters. The number of aliphatic hydroxyl groups is 1. The second-order valence-corrected chi connectivity index (χ2v) is 2.52. The summed E-state index contributed by atoms with van der Waals surface area (Å²) in [5, 5.41) is 9.15. The lowest BCUT2D eigenvalue weighted by molar-refractivity contribution is 0.0224. The molecule has 0 saturated carbocycles. The van der Waals surface area contributed by atoms with E-state index < -0.39 is 0 Å². The van der Waals surface area contributed by atoms with Crippen LogP contribution < -0.4 is 5.73 Å². The molecule has 0 aromatic carbocycles. The molecular weight excluding hydrogens is 118 g/mol. The van der Waals surface area contributed by atoms with Crippen LogP contribution in [0.3, 0.4) is 0 Å². The fourth-order valence-electron chi connectivity index (χ4n) is 1.15. The van der Waals surface area contributed by atoms with Gasteiger partial charge in [0.15, 0.2) is 0 Å². The molecule has 1 rings (SSSR count). The lowest BCUT2D eigenvalue weighted by Crippen LogP contribution is -2.29. The summed E-state index contributed by atoms with van der Waals surface area (Å²) < 4.78 is 5.25. The minimum atomic E-state index is -0.343. The minimum absolute atomic E-state index is 0.125. The number of nitrogens with two attached hydrogens (primary N) is 1. The van der Waals surface area contributed by atoms with Crippen molar-refractivity contribution in [3.8, 4) is 0 Å². The van der Waals surface area contributed by atoms with Crippen LogP contribution in [0.15, 0.2) is 0 Å². The van der Waals surface area contributed by atoms with Crippen molar-refractivity contribution in [3.05, 3.63) is 0 Å². The third-order valence-electron chi connectivity index (χ3n) is 1.64. The first-order valence-corrected chi connectivity index (χ1v) is 3.27. The summed E-state index contributed by atoms with van der Waals surface area (Å²) in [4.78, 5) is 0. The molecule has 3 nitrogen and oxygen atoms in total. The molecule has 0 radical (unpaired) electrons. The highest BCUT2D eigenvalue weighted by Crippen LogP contribution is 2.18. The molecule has 1 saturated heterocycles. The Hall–Kier alpha value is -0.120. The summed E-state index contributed by atoms with van der Waals surface area (Å²) in [6.45, 7) is 2.37. The highest BCUT2D eigenvalue weighted by molar-refractivity contribution is 4.79. The van der Waals surface area contributed by atoms with Gasteiger partial charge in [0, 0.05) is 13.0 Å². The maximum absolute atomic E-state index is 9.15. The van der Waals surface area contributed by atoms with Crippen LogP contribution in [0, 0.1) is 0 Å². The predicted octanol–water partition coefficient (Wildman–Crippen LogP) is -0.517. The van der Waals surface area contributed by atoms with Gasteiger partial charge in [0.1, 0.15) is 0 Å². The van der Waals surface area contributed by atoms with Gasteiger partial charge < -0.3 is 15.6 Å². The van der Waals surface area contributed by atoms with Crippen molar-refractivity contribution >= 4 is 0 Å². The van der Waals surface area contributed by atoms with Gasteiger partial charge in [-0.05, 0) is 6.92 Å². The Bertz CT molecular complexity index is 97.1. The third-order valence-corrected chi connectivity index (χ3v) is 1.64. The van der Waals surface area contributed by atoms with E-state index in [2.05, 4.69) is 0 Å². The van der Waals surface area contributed by atoms with Crippen LogP contribution in [-0.4, -0.2) is 30.0 Å². The number of hydrogen-bond donors (Lipinski definition) is 2. The van der Waals surface area contributed by atoms with Crippen molar-refractivity contribution < 1.29 is 9.84 Å². The highest BCUT2D eigenvalue weighted by Gasteiger charge is 2.29. The molecule has 0 aliphatic carbocycles. The maximum Gasteiger partial charge on any atom is 0.0960 e. The van der Waals surface area contributed by atoms with Crippen LogP contribution in [0.5, 0.6) is 0 Å². The first kappa shape index (κ1) is 6.99. The van der Waals surface area contributed by atoms with Crippen LogP contribution >= 0.6 is 0 Å². The molecule has 1 fully saturated rings. The van der Waals surface area contributed by atoms with Gasteiger partial charge >= 0.3 is 0 Å². The van der Waals surface area contributed by atoms with E-state index in [9.17, 15) is 0 Å². The van der Waals surface area contributed by atoms with Gasteiger partial charge in [0.25, 0.3) is 0 Å². The SMILES string of the molecule is CC1C[C@H](O)[C@@H](CN)O1. The second-order valence-electron chi connectivity index (χ2n) is 2.52. The number of ether oxygens (including phenoxy) is 1. The second kappa shape index (κ2) is 2.64. The van der Waals surface area contributed by atoms with Crippen LogP contribution in [0.25, 0.3) is 0 Å². The number of rotatable bonds is 1. The van der Waals surface area contributed by atoms with Gasteiger partial charge in [-0.15, -0.1) is 0 Å². The Morgan fingerprint density at radius 1 is 1.78 bits per heavy atom. The van der Waals surface area contributed by atoms with Crippen LogP contribution in [0.1, 0.15) is 13.3 Å². The predicted molar refractivity (Wildman–Crippen MR) is 34.0 cm³/mol. The fourth-order valence-corrected chi connectivity index (χ4v) is 1.15. The lowest BCUT2D eigenvalue weighted by Gasteiger charge is -2.09. The molecule has 1 aliphatic rings. The summed E-state index contributed by atoms with van der Waals surface area (Å²) in [6.07, 6.45) is 0.431. The highest BCUT2D eigenvalue weighted by atomic mass is 16.5. The van der Waals surface area contributed by atoms with Gasteiger partial charge in [-0.2, -0.15) is 0 Å². The summed E-state index contributed by atoms with van der Waals surface area (Å²) in [5.41, 5.74) is 5.30. The van der Waals surface area contributed by atoms with Gasteiger partial charge in [-0.1, -0.05) is 0 Å². The molecule has 3 heteroatoms. The van der Waals surface area contributed by atoms with E-state index in [0.717, 1.165) is 6.42 Å². The number of aliphatic hydroxyl groups excluding tert-OH is 1. The molecule has 1 aliphatic heterocycles. The van der Waals surface area contributed by atoms with Crippen molar-refractivity contribution in [2.75, 3.05) is 6.54 Å². The molecule has 0 aromatic heterocycles. The van der Waals surface area contributed by atoms with Crippen molar-refractivity contribution in [1.29, 1.82) is 0 Å². The molecule has 9 heavy (non-hydrogen) atoms. The average Bonchev–Trinajstić information content (AvgIpc) is 2.10. The topological polar surface area (TPSA) is 55.5 Å².